The van der Waals surface area contributed by atoms with Gasteiger partial charge < -0.3 is 10.2 Å². The van der Waals surface area contributed by atoms with Crippen molar-refractivity contribution in [2.45, 2.75) is 53.1 Å². The number of hydrogen-bond acceptors (Lipinski definition) is 3. The fraction of sp³-hybridized carbons (Fsp3) is 0.688. The zero-order valence-electron chi connectivity index (χ0n) is 14.4. The molecule has 2 amide bonds. The molecule has 0 spiro atoms. The summed E-state index contributed by atoms with van der Waals surface area (Å²) in [6, 6.07) is 0. The van der Waals surface area contributed by atoms with Gasteiger partial charge in [0.25, 0.3) is 0 Å². The lowest BCUT2D eigenvalue weighted by Gasteiger charge is -2.31. The molecular formula is C16H25ClN4O2. The van der Waals surface area contributed by atoms with Crippen LogP contribution >= 0.6 is 11.6 Å². The fourth-order valence-corrected chi connectivity index (χ4v) is 2.99. The van der Waals surface area contributed by atoms with E-state index in [0.29, 0.717) is 24.7 Å². The standard InChI is InChI=1S/C16H25ClN4O2/c1-10-14(17)11(2)21(19-10)7-6-18-15(23)12-8-13(22)20(9-12)16(3,4)5/h12H,6-9H2,1-5H3,(H,18,23)/t12-/m1/s1. The van der Waals surface area contributed by atoms with Crippen LogP contribution in [-0.4, -0.2) is 45.1 Å². The first kappa shape index (κ1) is 17.8. The number of rotatable bonds is 4. The van der Waals surface area contributed by atoms with E-state index < -0.39 is 0 Å². The van der Waals surface area contributed by atoms with E-state index in [1.54, 1.807) is 9.58 Å². The first-order chi connectivity index (χ1) is 10.6. The molecule has 0 aromatic carbocycles. The largest absolute Gasteiger partial charge is 0.354 e. The summed E-state index contributed by atoms with van der Waals surface area (Å²) in [6.45, 7) is 11.2. The van der Waals surface area contributed by atoms with Crippen molar-refractivity contribution in [3.05, 3.63) is 16.4 Å². The zero-order chi connectivity index (χ0) is 17.4. The summed E-state index contributed by atoms with van der Waals surface area (Å²) in [6.07, 6.45) is 0.287. The molecule has 1 aliphatic heterocycles. The average molecular weight is 341 g/mol. The van der Waals surface area contributed by atoms with Crippen LogP contribution in [0, 0.1) is 19.8 Å². The van der Waals surface area contributed by atoms with Crippen LogP contribution in [0.1, 0.15) is 38.6 Å². The quantitative estimate of drug-likeness (QED) is 0.910. The molecule has 6 nitrogen and oxygen atoms in total. The van der Waals surface area contributed by atoms with Crippen LogP contribution in [0.3, 0.4) is 0 Å². The van der Waals surface area contributed by atoms with Crippen LogP contribution in [-0.2, 0) is 16.1 Å². The number of nitrogens with zero attached hydrogens (tertiary/aromatic N) is 3. The van der Waals surface area contributed by atoms with Gasteiger partial charge in [0.15, 0.2) is 0 Å². The van der Waals surface area contributed by atoms with Gasteiger partial charge >= 0.3 is 0 Å². The Morgan fingerprint density at radius 2 is 2.04 bits per heavy atom. The van der Waals surface area contributed by atoms with E-state index >= 15 is 0 Å². The maximum absolute atomic E-state index is 12.3. The lowest BCUT2D eigenvalue weighted by Crippen LogP contribution is -2.43. The molecule has 1 aromatic rings. The average Bonchev–Trinajstić information content (AvgIpc) is 2.95. The molecule has 1 aliphatic rings. The van der Waals surface area contributed by atoms with Gasteiger partial charge in [0, 0.05) is 25.0 Å². The Morgan fingerprint density at radius 3 is 2.52 bits per heavy atom. The molecule has 1 atom stereocenters. The molecule has 23 heavy (non-hydrogen) atoms. The molecule has 128 valence electrons. The maximum atomic E-state index is 12.3. The third-order valence-corrected chi connectivity index (χ3v) is 4.77. The summed E-state index contributed by atoms with van der Waals surface area (Å²) < 4.78 is 1.79. The fourth-order valence-electron chi connectivity index (χ4n) is 2.85. The van der Waals surface area contributed by atoms with Crippen LogP contribution in [0.2, 0.25) is 5.02 Å². The molecule has 7 heteroatoms. The summed E-state index contributed by atoms with van der Waals surface area (Å²) in [5.41, 5.74) is 1.44. The second-order valence-corrected chi connectivity index (χ2v) is 7.45. The molecule has 0 radical (unpaired) electrons. The summed E-state index contributed by atoms with van der Waals surface area (Å²) in [5, 5.41) is 7.90. The minimum atomic E-state index is -0.272. The molecule has 2 heterocycles. The number of amides is 2. The van der Waals surface area contributed by atoms with Gasteiger partial charge in [-0.2, -0.15) is 5.10 Å². The van der Waals surface area contributed by atoms with Crippen molar-refractivity contribution in [2.75, 3.05) is 13.1 Å². The van der Waals surface area contributed by atoms with Crippen molar-refractivity contribution in [3.63, 3.8) is 0 Å². The predicted molar refractivity (Wildman–Crippen MR) is 89.3 cm³/mol. The van der Waals surface area contributed by atoms with Gasteiger partial charge in [0.05, 0.1) is 28.9 Å². The van der Waals surface area contributed by atoms with Gasteiger partial charge in [-0.3, -0.25) is 14.3 Å². The molecule has 1 N–H and O–H groups in total. The zero-order valence-corrected chi connectivity index (χ0v) is 15.2. The molecule has 0 bridgehead atoms. The Bertz CT molecular complexity index is 618. The second-order valence-electron chi connectivity index (χ2n) is 7.08. The molecule has 0 saturated carbocycles. The third-order valence-electron chi connectivity index (χ3n) is 4.22. The van der Waals surface area contributed by atoms with Crippen LogP contribution in [0.5, 0.6) is 0 Å². The van der Waals surface area contributed by atoms with Crippen molar-refractivity contribution < 1.29 is 9.59 Å². The SMILES string of the molecule is Cc1nn(CCNC(=O)[C@@H]2CC(=O)N(C(C)(C)C)C2)c(C)c1Cl. The van der Waals surface area contributed by atoms with Gasteiger partial charge in [0.1, 0.15) is 0 Å². The van der Waals surface area contributed by atoms with E-state index in [2.05, 4.69) is 10.4 Å². The number of carbonyl (C=O) groups excluding carboxylic acids is 2. The van der Waals surface area contributed by atoms with Crippen LogP contribution in [0.15, 0.2) is 0 Å². The van der Waals surface area contributed by atoms with E-state index in [-0.39, 0.29) is 29.7 Å². The Kier molecular flexibility index (Phi) is 5.04. The number of halogens is 1. The molecule has 0 aliphatic carbocycles. The minimum Gasteiger partial charge on any atom is -0.354 e. The summed E-state index contributed by atoms with van der Waals surface area (Å²) in [7, 11) is 0. The van der Waals surface area contributed by atoms with E-state index in [1.165, 1.54) is 0 Å². The lowest BCUT2D eigenvalue weighted by atomic mass is 10.1. The van der Waals surface area contributed by atoms with Gasteiger partial charge in [-0.1, -0.05) is 11.6 Å². The first-order valence-electron chi connectivity index (χ1n) is 7.89. The molecular weight excluding hydrogens is 316 g/mol. The summed E-state index contributed by atoms with van der Waals surface area (Å²) >= 11 is 6.10. The van der Waals surface area contributed by atoms with Gasteiger partial charge in [-0.25, -0.2) is 0 Å². The Labute approximate surface area is 142 Å². The first-order valence-corrected chi connectivity index (χ1v) is 8.26. The van der Waals surface area contributed by atoms with E-state index in [0.717, 1.165) is 11.4 Å². The lowest BCUT2D eigenvalue weighted by molar-refractivity contribution is -0.132. The number of carbonyl (C=O) groups is 2. The highest BCUT2D eigenvalue weighted by Crippen LogP contribution is 2.25. The minimum absolute atomic E-state index is 0.0444. The van der Waals surface area contributed by atoms with Crippen LogP contribution in [0.25, 0.3) is 0 Å². The summed E-state index contributed by atoms with van der Waals surface area (Å²) in [5.74, 6) is -0.300. The Morgan fingerprint density at radius 1 is 1.39 bits per heavy atom. The highest BCUT2D eigenvalue weighted by molar-refractivity contribution is 6.31. The maximum Gasteiger partial charge on any atom is 0.225 e. The van der Waals surface area contributed by atoms with Crippen molar-refractivity contribution in [1.29, 1.82) is 0 Å². The van der Waals surface area contributed by atoms with E-state index in [4.69, 9.17) is 11.6 Å². The topological polar surface area (TPSA) is 67.2 Å². The Hall–Kier alpha value is -1.56. The van der Waals surface area contributed by atoms with E-state index in [1.807, 2.05) is 34.6 Å². The van der Waals surface area contributed by atoms with Gasteiger partial charge in [0.2, 0.25) is 11.8 Å². The monoisotopic (exact) mass is 340 g/mol. The van der Waals surface area contributed by atoms with Crippen LogP contribution in [0.4, 0.5) is 0 Å². The highest BCUT2D eigenvalue weighted by Gasteiger charge is 2.39. The smallest absolute Gasteiger partial charge is 0.225 e. The van der Waals surface area contributed by atoms with Crippen molar-refractivity contribution >= 4 is 23.4 Å². The number of hydrogen-bond donors (Lipinski definition) is 1. The molecule has 1 saturated heterocycles. The Balaban J connectivity index is 1.86. The molecule has 2 rings (SSSR count). The number of nitrogens with one attached hydrogen (secondary N) is 1. The molecule has 0 unspecified atom stereocenters. The molecule has 1 aromatic heterocycles. The second kappa shape index (κ2) is 6.51. The van der Waals surface area contributed by atoms with Crippen molar-refractivity contribution in [2.24, 2.45) is 5.92 Å². The van der Waals surface area contributed by atoms with E-state index in [9.17, 15) is 9.59 Å². The van der Waals surface area contributed by atoms with Crippen LogP contribution < -0.4 is 5.32 Å². The summed E-state index contributed by atoms with van der Waals surface area (Å²) in [4.78, 5) is 26.1. The molecule has 1 fully saturated rings. The highest BCUT2D eigenvalue weighted by atomic mass is 35.5. The normalized spacial score (nSPS) is 18.6. The number of aromatic nitrogens is 2. The van der Waals surface area contributed by atoms with Gasteiger partial charge in [-0.15, -0.1) is 0 Å². The number of likely N-dealkylation sites (tertiary alicyclic amines) is 1. The van der Waals surface area contributed by atoms with Gasteiger partial charge in [-0.05, 0) is 34.6 Å². The van der Waals surface area contributed by atoms with Crippen molar-refractivity contribution in [3.8, 4) is 0 Å². The number of aryl methyl sites for hydroxylation is 1. The predicted octanol–water partition coefficient (Wildman–Crippen LogP) is 1.92. The van der Waals surface area contributed by atoms with Crippen molar-refractivity contribution in [1.82, 2.24) is 20.0 Å². The third kappa shape index (κ3) is 3.86.